The van der Waals surface area contributed by atoms with E-state index in [1.807, 2.05) is 47.3 Å². The minimum atomic E-state index is 0.0189. The summed E-state index contributed by atoms with van der Waals surface area (Å²) in [7, 11) is 0. The highest BCUT2D eigenvalue weighted by Gasteiger charge is 2.56. The molecular weight excluding hydrogens is 326 g/mol. The fraction of sp³-hybridized carbons (Fsp3) is 0.300. The summed E-state index contributed by atoms with van der Waals surface area (Å²) in [6.07, 6.45) is 8.09. The molecule has 0 bridgehead atoms. The van der Waals surface area contributed by atoms with Crippen molar-refractivity contribution in [1.82, 2.24) is 19.5 Å². The maximum atomic E-state index is 12.4. The number of hydrogen-bond acceptors (Lipinski definition) is 5. The van der Waals surface area contributed by atoms with Crippen LogP contribution in [-0.2, 0) is 11.2 Å². The zero-order valence-electron chi connectivity index (χ0n) is 14.1. The van der Waals surface area contributed by atoms with Crippen LogP contribution in [0.15, 0.2) is 48.9 Å². The Bertz CT molecular complexity index is 1030. The van der Waals surface area contributed by atoms with Crippen molar-refractivity contribution in [3.05, 3.63) is 54.5 Å². The minimum Gasteiger partial charge on any atom is -0.343 e. The molecule has 6 rings (SSSR count). The number of fused-ring (bicyclic) bond motifs is 5. The summed E-state index contributed by atoms with van der Waals surface area (Å²) < 4.78 is 1.92. The van der Waals surface area contributed by atoms with Gasteiger partial charge in [-0.3, -0.25) is 9.36 Å². The van der Waals surface area contributed by atoms with Gasteiger partial charge in [-0.15, -0.1) is 0 Å². The lowest BCUT2D eigenvalue weighted by Gasteiger charge is -2.33. The Hall–Kier alpha value is -3.02. The number of nitrogens with zero attached hydrogens (tertiary/aromatic N) is 5. The van der Waals surface area contributed by atoms with Gasteiger partial charge < -0.3 is 4.90 Å². The lowest BCUT2D eigenvalue weighted by Crippen LogP contribution is -2.44. The van der Waals surface area contributed by atoms with Crippen molar-refractivity contribution in [2.45, 2.75) is 31.3 Å². The molecule has 1 saturated heterocycles. The number of Topliss-reactive ketones (excluding diaryl/α,β-unsaturated/α-hetero) is 1. The van der Waals surface area contributed by atoms with Gasteiger partial charge in [0.05, 0.1) is 6.04 Å². The summed E-state index contributed by atoms with van der Waals surface area (Å²) >= 11 is 0. The third kappa shape index (κ3) is 1.92. The Labute approximate surface area is 150 Å². The van der Waals surface area contributed by atoms with Gasteiger partial charge in [0, 0.05) is 42.2 Å². The molecule has 128 valence electrons. The Morgan fingerprint density at radius 2 is 1.96 bits per heavy atom. The van der Waals surface area contributed by atoms with Gasteiger partial charge in [0.25, 0.3) is 0 Å². The van der Waals surface area contributed by atoms with Crippen LogP contribution in [0, 0.1) is 5.92 Å². The second-order valence-corrected chi connectivity index (χ2v) is 7.37. The van der Waals surface area contributed by atoms with Crippen LogP contribution >= 0.6 is 0 Å². The molecule has 3 aromatic rings. The van der Waals surface area contributed by atoms with Crippen molar-refractivity contribution in [2.24, 2.45) is 5.92 Å². The number of piperidine rings is 1. The first kappa shape index (κ1) is 14.2. The minimum absolute atomic E-state index is 0.0189. The first-order valence-electron chi connectivity index (χ1n) is 9.06. The maximum absolute atomic E-state index is 12.4. The molecule has 1 aromatic carbocycles. The van der Waals surface area contributed by atoms with Gasteiger partial charge in [0.15, 0.2) is 5.78 Å². The van der Waals surface area contributed by atoms with E-state index in [0.29, 0.717) is 30.1 Å². The van der Waals surface area contributed by atoms with Gasteiger partial charge in [-0.2, -0.15) is 4.98 Å². The molecule has 6 heteroatoms. The first-order valence-corrected chi connectivity index (χ1v) is 9.06. The molecule has 26 heavy (non-hydrogen) atoms. The predicted molar refractivity (Wildman–Crippen MR) is 96.1 cm³/mol. The van der Waals surface area contributed by atoms with Crippen LogP contribution < -0.4 is 4.90 Å². The van der Waals surface area contributed by atoms with E-state index >= 15 is 0 Å². The van der Waals surface area contributed by atoms with Crippen molar-refractivity contribution < 1.29 is 4.79 Å². The number of aromatic nitrogens is 4. The van der Waals surface area contributed by atoms with Crippen LogP contribution in [0.4, 0.5) is 5.82 Å². The van der Waals surface area contributed by atoms with Crippen molar-refractivity contribution >= 4 is 11.6 Å². The molecule has 6 nitrogen and oxygen atoms in total. The van der Waals surface area contributed by atoms with Crippen LogP contribution in [0.5, 0.6) is 0 Å². The quantitative estimate of drug-likeness (QED) is 0.715. The number of hydrogen-bond donors (Lipinski definition) is 0. The number of carbonyl (C=O) groups excluding carboxylic acids is 1. The highest BCUT2D eigenvalue weighted by atomic mass is 16.1. The largest absolute Gasteiger partial charge is 0.343 e. The van der Waals surface area contributed by atoms with E-state index in [2.05, 4.69) is 14.9 Å². The van der Waals surface area contributed by atoms with Crippen LogP contribution in [0.1, 0.15) is 18.4 Å². The molecule has 0 amide bonds. The monoisotopic (exact) mass is 343 g/mol. The molecule has 1 saturated carbocycles. The average molecular weight is 343 g/mol. The molecule has 3 unspecified atom stereocenters. The van der Waals surface area contributed by atoms with Gasteiger partial charge in [0.2, 0.25) is 5.95 Å². The second kappa shape index (κ2) is 5.00. The van der Waals surface area contributed by atoms with E-state index in [-0.39, 0.29) is 6.04 Å². The highest BCUT2D eigenvalue weighted by Crippen LogP contribution is 2.51. The predicted octanol–water partition coefficient (Wildman–Crippen LogP) is 2.42. The summed E-state index contributed by atoms with van der Waals surface area (Å²) in [5, 5.41) is 0. The Morgan fingerprint density at radius 3 is 2.85 bits per heavy atom. The molecule has 4 heterocycles. The fourth-order valence-corrected chi connectivity index (χ4v) is 4.47. The third-order valence-corrected chi connectivity index (χ3v) is 5.80. The Balaban J connectivity index is 1.47. The van der Waals surface area contributed by atoms with E-state index in [4.69, 9.17) is 4.98 Å². The van der Waals surface area contributed by atoms with Crippen molar-refractivity contribution in [1.29, 1.82) is 0 Å². The van der Waals surface area contributed by atoms with Crippen LogP contribution in [0.2, 0.25) is 0 Å². The summed E-state index contributed by atoms with van der Waals surface area (Å²) in [6.45, 7) is 0. The van der Waals surface area contributed by atoms with Crippen molar-refractivity contribution in [3.8, 4) is 17.3 Å². The van der Waals surface area contributed by atoms with Gasteiger partial charge in [-0.05, 0) is 18.8 Å². The number of anilines is 1. The molecule has 2 fully saturated rings. The van der Waals surface area contributed by atoms with E-state index in [1.165, 1.54) is 6.42 Å². The van der Waals surface area contributed by atoms with E-state index in [9.17, 15) is 4.79 Å². The van der Waals surface area contributed by atoms with Crippen molar-refractivity contribution in [2.75, 3.05) is 4.90 Å². The zero-order valence-corrected chi connectivity index (χ0v) is 14.1. The number of carbonyl (C=O) groups is 1. The average Bonchev–Trinajstić information content (AvgIpc) is 3.11. The molecule has 3 aliphatic rings. The summed E-state index contributed by atoms with van der Waals surface area (Å²) in [5.74, 6) is 3.35. The molecule has 2 aromatic heterocycles. The fourth-order valence-electron chi connectivity index (χ4n) is 4.47. The zero-order chi connectivity index (χ0) is 17.3. The molecule has 1 aliphatic carbocycles. The summed E-state index contributed by atoms with van der Waals surface area (Å²) in [6, 6.07) is 10.5. The summed E-state index contributed by atoms with van der Waals surface area (Å²) in [5.41, 5.74) is 1.97. The highest BCUT2D eigenvalue weighted by molar-refractivity contribution is 5.94. The second-order valence-electron chi connectivity index (χ2n) is 7.37. The molecule has 0 spiro atoms. The molecular formula is C20H17N5O. The van der Waals surface area contributed by atoms with E-state index < -0.39 is 0 Å². The molecule has 3 atom stereocenters. The maximum Gasteiger partial charge on any atom is 0.237 e. The Morgan fingerprint density at radius 1 is 1.08 bits per heavy atom. The SMILES string of the molecule is O=C1Cc2cnc(-n3ccnc3-c3ccccc3)nc2N2C1CC1CC12. The molecule has 0 radical (unpaired) electrons. The lowest BCUT2D eigenvalue weighted by atomic mass is 9.97. The number of imidazole rings is 1. The number of ketones is 1. The third-order valence-electron chi connectivity index (χ3n) is 5.80. The van der Waals surface area contributed by atoms with Crippen LogP contribution in [0.3, 0.4) is 0 Å². The lowest BCUT2D eigenvalue weighted by molar-refractivity contribution is -0.120. The van der Waals surface area contributed by atoms with Crippen LogP contribution in [-0.4, -0.2) is 37.4 Å². The van der Waals surface area contributed by atoms with E-state index in [1.54, 1.807) is 6.20 Å². The standard InChI is InChI=1S/C20H17N5O/c26-17-10-14-11-22-20(23-19(14)25-15-8-13(15)9-16(17)25)24-7-6-21-18(24)12-4-2-1-3-5-12/h1-7,11,13,15-16H,8-10H2. The number of rotatable bonds is 2. The molecule has 2 aliphatic heterocycles. The smallest absolute Gasteiger partial charge is 0.237 e. The van der Waals surface area contributed by atoms with Gasteiger partial charge in [-0.25, -0.2) is 9.97 Å². The number of benzene rings is 1. The summed E-state index contributed by atoms with van der Waals surface area (Å²) in [4.78, 5) is 28.6. The normalized spacial score (nSPS) is 25.6. The topological polar surface area (TPSA) is 63.9 Å². The van der Waals surface area contributed by atoms with Gasteiger partial charge in [0.1, 0.15) is 11.6 Å². The van der Waals surface area contributed by atoms with Gasteiger partial charge in [-0.1, -0.05) is 30.3 Å². The van der Waals surface area contributed by atoms with Crippen molar-refractivity contribution in [3.63, 3.8) is 0 Å². The van der Waals surface area contributed by atoms with Gasteiger partial charge >= 0.3 is 0 Å². The molecule has 0 N–H and O–H groups in total. The Kier molecular flexibility index (Phi) is 2.73. The first-order chi connectivity index (χ1) is 12.8. The van der Waals surface area contributed by atoms with Crippen LogP contribution in [0.25, 0.3) is 17.3 Å². The van der Waals surface area contributed by atoms with E-state index in [0.717, 1.165) is 29.2 Å².